The van der Waals surface area contributed by atoms with Gasteiger partial charge >= 0.3 is 0 Å². The Labute approximate surface area is 132 Å². The van der Waals surface area contributed by atoms with E-state index in [1.54, 1.807) is 0 Å². The van der Waals surface area contributed by atoms with E-state index in [1.807, 2.05) is 19.0 Å². The Morgan fingerprint density at radius 1 is 1.14 bits per heavy atom. The average Bonchev–Trinajstić information content (AvgIpc) is 3.22. The maximum absolute atomic E-state index is 5.59. The molecule has 1 heterocycles. The maximum atomic E-state index is 5.59. The highest BCUT2D eigenvalue weighted by atomic mass is 16.5. The van der Waals surface area contributed by atoms with Crippen LogP contribution in [0.15, 0.2) is 28.8 Å². The van der Waals surface area contributed by atoms with E-state index >= 15 is 0 Å². The minimum Gasteiger partial charge on any atom is -0.346 e. The van der Waals surface area contributed by atoms with Crippen LogP contribution in [-0.2, 0) is 12.8 Å². The van der Waals surface area contributed by atoms with Gasteiger partial charge in [0.25, 0.3) is 0 Å². The van der Waals surface area contributed by atoms with Crippen molar-refractivity contribution in [3.05, 3.63) is 46.6 Å². The van der Waals surface area contributed by atoms with Gasteiger partial charge in [-0.15, -0.1) is 0 Å². The van der Waals surface area contributed by atoms with Crippen molar-refractivity contribution in [3.8, 4) is 0 Å². The molecule has 1 fully saturated rings. The second kappa shape index (κ2) is 5.45. The summed E-state index contributed by atoms with van der Waals surface area (Å²) in [6, 6.07) is 9.30. The molecule has 1 aromatic carbocycles. The summed E-state index contributed by atoms with van der Waals surface area (Å²) >= 11 is 0. The summed E-state index contributed by atoms with van der Waals surface area (Å²) in [5.74, 6) is 2.31. The zero-order chi connectivity index (χ0) is 15.1. The van der Waals surface area contributed by atoms with Crippen molar-refractivity contribution >= 4 is 5.88 Å². The minimum atomic E-state index is 0.433. The van der Waals surface area contributed by atoms with Crippen LogP contribution in [0.1, 0.15) is 54.0 Å². The number of fused-ring (bicyclic) bond motifs is 1. The largest absolute Gasteiger partial charge is 0.346 e. The van der Waals surface area contributed by atoms with Gasteiger partial charge in [-0.1, -0.05) is 29.4 Å². The smallest absolute Gasteiger partial charge is 0.230 e. The second-order valence-corrected chi connectivity index (χ2v) is 7.08. The highest BCUT2D eigenvalue weighted by molar-refractivity contribution is 5.52. The lowest BCUT2D eigenvalue weighted by Gasteiger charge is -2.24. The molecule has 3 nitrogen and oxygen atoms in total. The minimum absolute atomic E-state index is 0.433. The van der Waals surface area contributed by atoms with Crippen LogP contribution in [0.4, 0.5) is 5.88 Å². The average molecular weight is 296 g/mol. The fourth-order valence-corrected chi connectivity index (χ4v) is 3.67. The summed E-state index contributed by atoms with van der Waals surface area (Å²) in [5.41, 5.74) is 5.36. The van der Waals surface area contributed by atoms with Gasteiger partial charge in [0.15, 0.2) is 0 Å². The maximum Gasteiger partial charge on any atom is 0.230 e. The van der Waals surface area contributed by atoms with Gasteiger partial charge in [-0.2, -0.15) is 0 Å². The molecule has 0 radical (unpaired) electrons. The molecule has 1 saturated carbocycles. The Bertz CT molecular complexity index is 653. The third kappa shape index (κ3) is 2.53. The summed E-state index contributed by atoms with van der Waals surface area (Å²) in [7, 11) is 4.07. The molecular formula is C19H24N2O. The van der Waals surface area contributed by atoms with Crippen molar-refractivity contribution < 1.29 is 4.52 Å². The lowest BCUT2D eigenvalue weighted by molar-refractivity contribution is 0.415. The van der Waals surface area contributed by atoms with Gasteiger partial charge in [-0.3, -0.25) is 0 Å². The van der Waals surface area contributed by atoms with E-state index in [0.717, 1.165) is 23.9 Å². The van der Waals surface area contributed by atoms with E-state index in [0.29, 0.717) is 5.92 Å². The highest BCUT2D eigenvalue weighted by Crippen LogP contribution is 2.42. The van der Waals surface area contributed by atoms with Crippen LogP contribution in [0.2, 0.25) is 0 Å². The molecule has 2 aliphatic carbocycles. The van der Waals surface area contributed by atoms with Crippen molar-refractivity contribution in [1.29, 1.82) is 0 Å². The van der Waals surface area contributed by atoms with Crippen LogP contribution in [0.5, 0.6) is 0 Å². The van der Waals surface area contributed by atoms with Gasteiger partial charge < -0.3 is 9.42 Å². The van der Waals surface area contributed by atoms with Crippen LogP contribution < -0.4 is 4.90 Å². The molecule has 0 aliphatic heterocycles. The molecule has 0 N–H and O–H groups in total. The van der Waals surface area contributed by atoms with Gasteiger partial charge in [0, 0.05) is 25.6 Å². The molecule has 0 saturated heterocycles. The molecule has 116 valence electrons. The fourth-order valence-electron chi connectivity index (χ4n) is 3.67. The highest BCUT2D eigenvalue weighted by Gasteiger charge is 2.30. The molecule has 0 bridgehead atoms. The molecule has 1 aromatic heterocycles. The quantitative estimate of drug-likeness (QED) is 0.848. The van der Waals surface area contributed by atoms with Gasteiger partial charge in [-0.05, 0) is 55.6 Å². The number of rotatable bonds is 4. The van der Waals surface area contributed by atoms with Crippen LogP contribution in [-0.4, -0.2) is 19.3 Å². The number of benzene rings is 1. The zero-order valence-electron chi connectivity index (χ0n) is 13.5. The number of nitrogens with zero attached hydrogens (tertiary/aromatic N) is 2. The van der Waals surface area contributed by atoms with Crippen LogP contribution in [0.25, 0.3) is 0 Å². The zero-order valence-corrected chi connectivity index (χ0v) is 13.5. The first kappa shape index (κ1) is 13.9. The Morgan fingerprint density at radius 3 is 2.59 bits per heavy atom. The Hall–Kier alpha value is -1.77. The number of aromatic nitrogens is 1. The molecule has 1 atom stereocenters. The normalized spacial score (nSPS) is 20.7. The Kier molecular flexibility index (Phi) is 3.44. The van der Waals surface area contributed by atoms with E-state index in [1.165, 1.54) is 48.8 Å². The van der Waals surface area contributed by atoms with Crippen molar-refractivity contribution in [2.45, 2.75) is 44.4 Å². The first-order valence-electron chi connectivity index (χ1n) is 8.47. The predicted octanol–water partition coefficient (Wildman–Crippen LogP) is 4.16. The summed E-state index contributed by atoms with van der Waals surface area (Å²) in [6.07, 6.45) is 7.52. The number of hydrogen-bond acceptors (Lipinski definition) is 3. The van der Waals surface area contributed by atoms with Crippen LogP contribution >= 0.6 is 0 Å². The lowest BCUT2D eigenvalue weighted by atomic mass is 9.81. The van der Waals surface area contributed by atoms with E-state index in [-0.39, 0.29) is 0 Å². The first-order valence-corrected chi connectivity index (χ1v) is 8.47. The van der Waals surface area contributed by atoms with E-state index < -0.39 is 0 Å². The number of hydrogen-bond donors (Lipinski definition) is 0. The van der Waals surface area contributed by atoms with Crippen molar-refractivity contribution in [2.75, 3.05) is 19.0 Å². The molecule has 22 heavy (non-hydrogen) atoms. The molecule has 3 heteroatoms. The topological polar surface area (TPSA) is 29.3 Å². The van der Waals surface area contributed by atoms with Gasteiger partial charge in [0.1, 0.15) is 0 Å². The predicted molar refractivity (Wildman–Crippen MR) is 88.5 cm³/mol. The van der Waals surface area contributed by atoms with Crippen LogP contribution in [0, 0.1) is 5.92 Å². The molecular weight excluding hydrogens is 272 g/mol. The fraction of sp³-hybridized carbons (Fsp3) is 0.526. The van der Waals surface area contributed by atoms with Crippen molar-refractivity contribution in [1.82, 2.24) is 5.16 Å². The van der Waals surface area contributed by atoms with E-state index in [9.17, 15) is 0 Å². The van der Waals surface area contributed by atoms with Crippen LogP contribution in [0.3, 0.4) is 0 Å². The van der Waals surface area contributed by atoms with Gasteiger partial charge in [0.2, 0.25) is 5.88 Å². The summed E-state index contributed by atoms with van der Waals surface area (Å²) in [5, 5.41) is 4.30. The standard InChI is InChI=1S/C19H24N2O/c1-21(2)19-18-16(4-3-5-17(18)20-22-19)15-10-8-14(9-11-15)12-13-6-7-13/h8-11,13,16H,3-7,12H2,1-2H3. The molecule has 2 aliphatic rings. The Morgan fingerprint density at radius 2 is 1.91 bits per heavy atom. The molecule has 0 amide bonds. The second-order valence-electron chi connectivity index (χ2n) is 7.08. The van der Waals surface area contributed by atoms with Crippen molar-refractivity contribution in [2.24, 2.45) is 5.92 Å². The summed E-state index contributed by atoms with van der Waals surface area (Å²) in [4.78, 5) is 2.05. The van der Waals surface area contributed by atoms with E-state index in [4.69, 9.17) is 4.52 Å². The van der Waals surface area contributed by atoms with Gasteiger partial charge in [-0.25, -0.2) is 0 Å². The molecule has 4 rings (SSSR count). The van der Waals surface area contributed by atoms with Crippen molar-refractivity contribution in [3.63, 3.8) is 0 Å². The summed E-state index contributed by atoms with van der Waals surface area (Å²) < 4.78 is 5.59. The number of anilines is 1. The SMILES string of the molecule is CN(C)c1onc2c1C(c1ccc(CC3CC3)cc1)CCC2. The van der Waals surface area contributed by atoms with E-state index in [2.05, 4.69) is 29.4 Å². The summed E-state index contributed by atoms with van der Waals surface area (Å²) in [6.45, 7) is 0. The number of aryl methyl sites for hydroxylation is 1. The van der Waals surface area contributed by atoms with Gasteiger partial charge in [0.05, 0.1) is 5.69 Å². The third-order valence-electron chi connectivity index (χ3n) is 5.05. The molecule has 0 spiro atoms. The lowest BCUT2D eigenvalue weighted by Crippen LogP contribution is -2.16. The molecule has 1 unspecified atom stereocenters. The Balaban J connectivity index is 1.64. The third-order valence-corrected chi connectivity index (χ3v) is 5.05. The first-order chi connectivity index (χ1) is 10.7. The molecule has 2 aromatic rings. The monoisotopic (exact) mass is 296 g/mol.